The van der Waals surface area contributed by atoms with E-state index in [0.29, 0.717) is 28.8 Å². The number of anilines is 1. The summed E-state index contributed by atoms with van der Waals surface area (Å²) in [6.45, 7) is 1.80. The predicted molar refractivity (Wildman–Crippen MR) is 92.3 cm³/mol. The van der Waals surface area contributed by atoms with Crippen molar-refractivity contribution in [3.05, 3.63) is 65.2 Å². The molecule has 0 saturated heterocycles. The summed E-state index contributed by atoms with van der Waals surface area (Å²) in [6.07, 6.45) is 0.383. The summed E-state index contributed by atoms with van der Waals surface area (Å²) in [6, 6.07) is 13.1. The zero-order valence-electron chi connectivity index (χ0n) is 14.1. The van der Waals surface area contributed by atoms with Crippen LogP contribution in [-0.2, 0) is 20.9 Å². The molecule has 0 aliphatic heterocycles. The molecule has 0 aliphatic rings. The van der Waals surface area contributed by atoms with Gasteiger partial charge >= 0.3 is 11.9 Å². The number of methoxy groups -OCH3 is 1. The number of amides is 1. The fraction of sp³-hybridized carbons (Fsp3) is 0.211. The summed E-state index contributed by atoms with van der Waals surface area (Å²) >= 11 is 0. The Kier molecular flexibility index (Phi) is 6.28. The van der Waals surface area contributed by atoms with Gasteiger partial charge in [-0.05, 0) is 42.0 Å². The number of benzene rings is 2. The van der Waals surface area contributed by atoms with Gasteiger partial charge in [0.2, 0.25) is 5.91 Å². The number of ether oxygens (including phenoxy) is 2. The van der Waals surface area contributed by atoms with Gasteiger partial charge in [0.1, 0.15) is 6.61 Å². The smallest absolute Gasteiger partial charge is 0.338 e. The maximum absolute atomic E-state index is 12.1. The van der Waals surface area contributed by atoms with Gasteiger partial charge in [-0.25, -0.2) is 9.59 Å². The zero-order chi connectivity index (χ0) is 18.2. The quantitative estimate of drug-likeness (QED) is 0.816. The molecule has 0 heterocycles. The first-order valence-electron chi connectivity index (χ1n) is 7.77. The van der Waals surface area contributed by atoms with Crippen molar-refractivity contribution in [2.45, 2.75) is 20.0 Å². The van der Waals surface area contributed by atoms with E-state index in [1.165, 1.54) is 7.11 Å². The van der Waals surface area contributed by atoms with Gasteiger partial charge in [-0.3, -0.25) is 4.79 Å². The number of nitrogens with one attached hydrogen (secondary N) is 1. The van der Waals surface area contributed by atoms with Crippen molar-refractivity contribution in [2.24, 2.45) is 0 Å². The Hall–Kier alpha value is -3.15. The molecular weight excluding hydrogens is 322 g/mol. The molecule has 0 aromatic heterocycles. The molecule has 6 nitrogen and oxygen atoms in total. The lowest BCUT2D eigenvalue weighted by Crippen LogP contribution is -2.10. The van der Waals surface area contributed by atoms with Gasteiger partial charge in [0.05, 0.1) is 18.2 Å². The molecule has 0 radical (unpaired) electrons. The molecule has 25 heavy (non-hydrogen) atoms. The van der Waals surface area contributed by atoms with Crippen molar-refractivity contribution in [3.63, 3.8) is 0 Å². The largest absolute Gasteiger partial charge is 0.465 e. The molecule has 1 amide bonds. The number of carbonyl (C=O) groups excluding carboxylic acids is 3. The number of carbonyl (C=O) groups is 3. The first kappa shape index (κ1) is 18.2. The third-order valence-corrected chi connectivity index (χ3v) is 3.44. The summed E-state index contributed by atoms with van der Waals surface area (Å²) in [4.78, 5) is 34.9. The molecule has 1 N–H and O–H groups in total. The Morgan fingerprint density at radius 1 is 0.960 bits per heavy atom. The van der Waals surface area contributed by atoms with E-state index in [0.717, 1.165) is 0 Å². The molecule has 0 fully saturated rings. The van der Waals surface area contributed by atoms with Crippen molar-refractivity contribution in [3.8, 4) is 0 Å². The molecule has 130 valence electrons. The van der Waals surface area contributed by atoms with Crippen LogP contribution in [0.5, 0.6) is 0 Å². The summed E-state index contributed by atoms with van der Waals surface area (Å²) in [5.41, 5.74) is 2.07. The molecule has 0 bridgehead atoms. The van der Waals surface area contributed by atoms with Gasteiger partial charge in [0.15, 0.2) is 0 Å². The average Bonchev–Trinajstić information content (AvgIpc) is 2.66. The first-order chi connectivity index (χ1) is 12.0. The molecule has 6 heteroatoms. The second-order valence-electron chi connectivity index (χ2n) is 5.25. The van der Waals surface area contributed by atoms with Crippen molar-refractivity contribution in [2.75, 3.05) is 12.4 Å². The highest BCUT2D eigenvalue weighted by molar-refractivity contribution is 5.93. The van der Waals surface area contributed by atoms with Crippen LogP contribution in [0.25, 0.3) is 0 Å². The highest BCUT2D eigenvalue weighted by Gasteiger charge is 2.10. The topological polar surface area (TPSA) is 81.7 Å². The van der Waals surface area contributed by atoms with Crippen LogP contribution in [0.3, 0.4) is 0 Å². The molecule has 0 unspecified atom stereocenters. The van der Waals surface area contributed by atoms with Crippen molar-refractivity contribution in [1.82, 2.24) is 0 Å². The van der Waals surface area contributed by atoms with Crippen LogP contribution in [0.1, 0.15) is 39.6 Å². The van der Waals surface area contributed by atoms with Gasteiger partial charge in [-0.15, -0.1) is 0 Å². The fourth-order valence-electron chi connectivity index (χ4n) is 2.08. The lowest BCUT2D eigenvalue weighted by atomic mass is 10.1. The Bertz CT molecular complexity index is 768. The zero-order valence-corrected chi connectivity index (χ0v) is 14.1. The molecule has 0 atom stereocenters. The second-order valence-corrected chi connectivity index (χ2v) is 5.25. The van der Waals surface area contributed by atoms with E-state index < -0.39 is 11.9 Å². The molecule has 0 saturated carbocycles. The molecule has 2 aromatic carbocycles. The van der Waals surface area contributed by atoms with Crippen LogP contribution >= 0.6 is 0 Å². The Morgan fingerprint density at radius 2 is 1.68 bits per heavy atom. The SMILES string of the molecule is CCC(=O)Nc1ccc(C(=O)OCc2cccc(C(=O)OC)c2)cc1. The standard InChI is InChI=1S/C19H19NO5/c1-3-17(21)20-16-9-7-14(8-10-16)19(23)25-12-13-5-4-6-15(11-13)18(22)24-2/h4-11H,3,12H2,1-2H3,(H,20,21). The third-order valence-electron chi connectivity index (χ3n) is 3.44. The summed E-state index contributed by atoms with van der Waals surface area (Å²) in [7, 11) is 1.31. The molecular formula is C19H19NO5. The molecule has 0 spiro atoms. The molecule has 2 rings (SSSR count). The monoisotopic (exact) mass is 341 g/mol. The van der Waals surface area contributed by atoms with Crippen LogP contribution in [-0.4, -0.2) is 25.0 Å². The summed E-state index contributed by atoms with van der Waals surface area (Å²) in [5, 5.41) is 2.70. The van der Waals surface area contributed by atoms with Crippen molar-refractivity contribution >= 4 is 23.5 Å². The summed E-state index contributed by atoms with van der Waals surface area (Å²) < 4.78 is 9.90. The number of hydrogen-bond donors (Lipinski definition) is 1. The lowest BCUT2D eigenvalue weighted by molar-refractivity contribution is -0.115. The van der Waals surface area contributed by atoms with Crippen LogP contribution in [0, 0.1) is 0 Å². The van der Waals surface area contributed by atoms with Gasteiger partial charge in [0, 0.05) is 12.1 Å². The minimum atomic E-state index is -0.489. The van der Waals surface area contributed by atoms with E-state index in [1.54, 1.807) is 55.5 Å². The van der Waals surface area contributed by atoms with Crippen molar-refractivity contribution < 1.29 is 23.9 Å². The van der Waals surface area contributed by atoms with E-state index in [-0.39, 0.29) is 12.5 Å². The van der Waals surface area contributed by atoms with E-state index in [9.17, 15) is 14.4 Å². The summed E-state index contributed by atoms with van der Waals surface area (Å²) in [5.74, 6) is -1.03. The Morgan fingerprint density at radius 3 is 2.32 bits per heavy atom. The predicted octanol–water partition coefficient (Wildman–Crippen LogP) is 3.18. The fourth-order valence-corrected chi connectivity index (χ4v) is 2.08. The Balaban J connectivity index is 1.96. The number of hydrogen-bond acceptors (Lipinski definition) is 5. The van der Waals surface area contributed by atoms with Crippen molar-refractivity contribution in [1.29, 1.82) is 0 Å². The Labute approximate surface area is 145 Å². The molecule has 0 aliphatic carbocycles. The van der Waals surface area contributed by atoms with E-state index in [2.05, 4.69) is 10.1 Å². The second kappa shape index (κ2) is 8.63. The van der Waals surface area contributed by atoms with Gasteiger partial charge in [-0.2, -0.15) is 0 Å². The minimum Gasteiger partial charge on any atom is -0.465 e. The number of rotatable bonds is 6. The van der Waals surface area contributed by atoms with Gasteiger partial charge < -0.3 is 14.8 Å². The molecule has 2 aromatic rings. The first-order valence-corrected chi connectivity index (χ1v) is 7.77. The maximum Gasteiger partial charge on any atom is 0.338 e. The number of esters is 2. The average molecular weight is 341 g/mol. The van der Waals surface area contributed by atoms with Gasteiger partial charge in [0.25, 0.3) is 0 Å². The maximum atomic E-state index is 12.1. The normalized spacial score (nSPS) is 10.0. The van der Waals surface area contributed by atoms with E-state index >= 15 is 0 Å². The highest BCUT2D eigenvalue weighted by Crippen LogP contribution is 2.13. The highest BCUT2D eigenvalue weighted by atomic mass is 16.5. The van der Waals surface area contributed by atoms with E-state index in [4.69, 9.17) is 4.74 Å². The van der Waals surface area contributed by atoms with Crippen LogP contribution in [0.4, 0.5) is 5.69 Å². The van der Waals surface area contributed by atoms with Crippen LogP contribution < -0.4 is 5.32 Å². The third kappa shape index (κ3) is 5.17. The lowest BCUT2D eigenvalue weighted by Gasteiger charge is -2.08. The van der Waals surface area contributed by atoms with E-state index in [1.807, 2.05) is 0 Å². The van der Waals surface area contributed by atoms with Gasteiger partial charge in [-0.1, -0.05) is 19.1 Å². The van der Waals surface area contributed by atoms with Crippen LogP contribution in [0.15, 0.2) is 48.5 Å². The minimum absolute atomic E-state index is 0.0397. The van der Waals surface area contributed by atoms with Crippen LogP contribution in [0.2, 0.25) is 0 Å².